The molecule has 56 valence electrons. The smallest absolute Gasteiger partial charge is 0.0485 e. The lowest BCUT2D eigenvalue weighted by Crippen LogP contribution is -1.79. The van der Waals surface area contributed by atoms with Crippen LogP contribution in [0, 0.1) is 12.3 Å². The quantitative estimate of drug-likeness (QED) is 0.496. The Labute approximate surface area is 90.8 Å². The van der Waals surface area contributed by atoms with E-state index >= 15 is 0 Å². The summed E-state index contributed by atoms with van der Waals surface area (Å²) in [6.07, 6.45) is 5.25. The summed E-state index contributed by atoms with van der Waals surface area (Å²) in [6, 6.07) is 3.78. The monoisotopic (exact) mass is 336 g/mol. The van der Waals surface area contributed by atoms with Crippen molar-refractivity contribution in [3.8, 4) is 12.3 Å². The minimum atomic E-state index is 0.847. The van der Waals surface area contributed by atoms with E-state index in [4.69, 9.17) is 6.42 Å². The summed E-state index contributed by atoms with van der Waals surface area (Å²) in [6.45, 7) is 0. The van der Waals surface area contributed by atoms with Crippen molar-refractivity contribution >= 4 is 47.8 Å². The Balaban J connectivity index is 3.40. The van der Waals surface area contributed by atoms with Crippen molar-refractivity contribution < 1.29 is 0 Å². The maximum Gasteiger partial charge on any atom is 0.0485 e. The maximum absolute atomic E-state index is 5.25. The molecule has 0 fully saturated rings. The average molecular weight is 339 g/mol. The Kier molecular flexibility index (Phi) is 3.17. The molecule has 0 saturated heterocycles. The minimum absolute atomic E-state index is 0.847. The zero-order valence-electron chi connectivity index (χ0n) is 5.37. The van der Waals surface area contributed by atoms with Crippen LogP contribution in [-0.4, -0.2) is 0 Å². The van der Waals surface area contributed by atoms with Crippen LogP contribution in [-0.2, 0) is 0 Å². The van der Waals surface area contributed by atoms with Crippen LogP contribution in [0.1, 0.15) is 5.56 Å². The number of halogens is 3. The largest absolute Gasteiger partial charge is 0.115 e. The molecule has 1 aromatic rings. The van der Waals surface area contributed by atoms with Crippen molar-refractivity contribution in [2.75, 3.05) is 0 Å². The maximum atomic E-state index is 5.25. The molecule has 0 aliphatic carbocycles. The molecule has 0 N–H and O–H groups in total. The number of terminal acetylenes is 1. The number of rotatable bonds is 0. The van der Waals surface area contributed by atoms with E-state index in [2.05, 4.69) is 53.7 Å². The van der Waals surface area contributed by atoms with Gasteiger partial charge in [-0.25, -0.2) is 0 Å². The molecule has 1 rings (SSSR count). The summed E-state index contributed by atoms with van der Waals surface area (Å²) < 4.78 is 2.85. The van der Waals surface area contributed by atoms with Crippen LogP contribution in [0.3, 0.4) is 0 Å². The molecule has 0 bridgehead atoms. The second-order valence-electron chi connectivity index (χ2n) is 1.87. The first-order valence-corrected chi connectivity index (χ1v) is 5.15. The van der Waals surface area contributed by atoms with Gasteiger partial charge in [-0.15, -0.1) is 6.42 Å². The molecule has 0 nitrogen and oxygen atoms in total. The summed E-state index contributed by atoms with van der Waals surface area (Å²) >= 11 is 10.1. The Hall–Kier alpha value is 0.220. The first kappa shape index (κ1) is 9.31. The molecule has 0 spiro atoms. The summed E-state index contributed by atoms with van der Waals surface area (Å²) in [5.41, 5.74) is 0.847. The van der Waals surface area contributed by atoms with Crippen molar-refractivity contribution in [1.29, 1.82) is 0 Å². The average Bonchev–Trinajstić information content (AvgIpc) is 2.01. The summed E-state index contributed by atoms with van der Waals surface area (Å²) in [4.78, 5) is 0. The SMILES string of the molecule is C#Cc1ccc(Br)c(Br)c1Br. The highest BCUT2D eigenvalue weighted by Crippen LogP contribution is 2.32. The number of hydrogen-bond donors (Lipinski definition) is 0. The number of benzene rings is 1. The lowest BCUT2D eigenvalue weighted by molar-refractivity contribution is 1.50. The van der Waals surface area contributed by atoms with Crippen molar-refractivity contribution in [3.05, 3.63) is 31.1 Å². The highest BCUT2D eigenvalue weighted by Gasteiger charge is 2.04. The van der Waals surface area contributed by atoms with E-state index in [9.17, 15) is 0 Å². The molecule has 0 atom stereocenters. The van der Waals surface area contributed by atoms with Crippen LogP contribution in [0.15, 0.2) is 25.6 Å². The van der Waals surface area contributed by atoms with E-state index in [1.807, 2.05) is 12.1 Å². The molecule has 3 heteroatoms. The van der Waals surface area contributed by atoms with Crippen LogP contribution in [0.4, 0.5) is 0 Å². The van der Waals surface area contributed by atoms with Crippen molar-refractivity contribution in [1.82, 2.24) is 0 Å². The Morgan fingerprint density at radius 3 is 2.27 bits per heavy atom. The van der Waals surface area contributed by atoms with Crippen LogP contribution < -0.4 is 0 Å². The van der Waals surface area contributed by atoms with Gasteiger partial charge in [0.05, 0.1) is 0 Å². The fourth-order valence-corrected chi connectivity index (χ4v) is 2.04. The van der Waals surface area contributed by atoms with Gasteiger partial charge in [-0.05, 0) is 59.9 Å². The van der Waals surface area contributed by atoms with E-state index in [1.165, 1.54) is 0 Å². The standard InChI is InChI=1S/C8H3Br3/c1-2-5-3-4-6(9)8(11)7(5)10/h1,3-4H. The zero-order chi connectivity index (χ0) is 8.43. The van der Waals surface area contributed by atoms with Crippen LogP contribution in [0.5, 0.6) is 0 Å². The van der Waals surface area contributed by atoms with Gasteiger partial charge in [-0.3, -0.25) is 0 Å². The third-order valence-electron chi connectivity index (χ3n) is 1.19. The summed E-state index contributed by atoms with van der Waals surface area (Å²) in [5, 5.41) is 0. The topological polar surface area (TPSA) is 0 Å². The molecule has 0 radical (unpaired) electrons. The van der Waals surface area contributed by atoms with Gasteiger partial charge in [0.15, 0.2) is 0 Å². The van der Waals surface area contributed by atoms with Gasteiger partial charge < -0.3 is 0 Å². The predicted molar refractivity (Wildman–Crippen MR) is 57.5 cm³/mol. The number of hydrogen-bond acceptors (Lipinski definition) is 0. The van der Waals surface area contributed by atoms with Gasteiger partial charge in [0.1, 0.15) is 0 Å². The molecule has 0 aromatic heterocycles. The summed E-state index contributed by atoms with van der Waals surface area (Å²) in [7, 11) is 0. The first-order valence-electron chi connectivity index (χ1n) is 2.77. The Morgan fingerprint density at radius 1 is 1.09 bits per heavy atom. The Morgan fingerprint density at radius 2 is 1.73 bits per heavy atom. The first-order chi connectivity index (χ1) is 5.16. The van der Waals surface area contributed by atoms with Crippen LogP contribution >= 0.6 is 47.8 Å². The van der Waals surface area contributed by atoms with E-state index in [-0.39, 0.29) is 0 Å². The molecule has 0 saturated carbocycles. The molecule has 0 aliphatic heterocycles. The van der Waals surface area contributed by atoms with Gasteiger partial charge in [-0.2, -0.15) is 0 Å². The van der Waals surface area contributed by atoms with Crippen LogP contribution in [0.25, 0.3) is 0 Å². The van der Waals surface area contributed by atoms with Gasteiger partial charge in [0, 0.05) is 19.0 Å². The zero-order valence-corrected chi connectivity index (χ0v) is 10.1. The molecule has 11 heavy (non-hydrogen) atoms. The second-order valence-corrected chi connectivity index (χ2v) is 4.31. The highest BCUT2D eigenvalue weighted by atomic mass is 79.9. The lowest BCUT2D eigenvalue weighted by Gasteiger charge is -2.00. The van der Waals surface area contributed by atoms with Gasteiger partial charge in [0.2, 0.25) is 0 Å². The second kappa shape index (κ2) is 3.75. The molecular weight excluding hydrogens is 336 g/mol. The molecule has 0 amide bonds. The van der Waals surface area contributed by atoms with E-state index < -0.39 is 0 Å². The van der Waals surface area contributed by atoms with Crippen LogP contribution in [0.2, 0.25) is 0 Å². The lowest BCUT2D eigenvalue weighted by atomic mass is 10.2. The normalized spacial score (nSPS) is 9.27. The minimum Gasteiger partial charge on any atom is -0.115 e. The van der Waals surface area contributed by atoms with Crippen molar-refractivity contribution in [2.45, 2.75) is 0 Å². The van der Waals surface area contributed by atoms with Gasteiger partial charge in [-0.1, -0.05) is 5.92 Å². The van der Waals surface area contributed by atoms with E-state index in [0.717, 1.165) is 19.0 Å². The van der Waals surface area contributed by atoms with Crippen molar-refractivity contribution in [2.24, 2.45) is 0 Å². The summed E-state index contributed by atoms with van der Waals surface area (Å²) in [5.74, 6) is 2.57. The Bertz CT molecular complexity index is 323. The molecular formula is C8H3Br3. The molecule has 0 unspecified atom stereocenters. The van der Waals surface area contributed by atoms with E-state index in [0.29, 0.717) is 0 Å². The fraction of sp³-hybridized carbons (Fsp3) is 0. The van der Waals surface area contributed by atoms with Crippen molar-refractivity contribution in [3.63, 3.8) is 0 Å². The predicted octanol–water partition coefficient (Wildman–Crippen LogP) is 3.96. The fourth-order valence-electron chi connectivity index (χ4n) is 0.637. The molecule has 0 aliphatic rings. The third kappa shape index (κ3) is 1.87. The highest BCUT2D eigenvalue weighted by molar-refractivity contribution is 9.14. The molecule has 0 heterocycles. The van der Waals surface area contributed by atoms with Gasteiger partial charge >= 0.3 is 0 Å². The third-order valence-corrected chi connectivity index (χ3v) is 4.56. The van der Waals surface area contributed by atoms with E-state index in [1.54, 1.807) is 0 Å². The molecule has 1 aromatic carbocycles. The van der Waals surface area contributed by atoms with Gasteiger partial charge in [0.25, 0.3) is 0 Å².